The third-order valence-corrected chi connectivity index (χ3v) is 4.91. The van der Waals surface area contributed by atoms with E-state index < -0.39 is 0 Å². The molecule has 2 bridgehead atoms. The van der Waals surface area contributed by atoms with Gasteiger partial charge < -0.3 is 0 Å². The van der Waals surface area contributed by atoms with Gasteiger partial charge in [-0.25, -0.2) is 0 Å². The van der Waals surface area contributed by atoms with Crippen molar-refractivity contribution in [1.29, 1.82) is 0 Å². The lowest BCUT2D eigenvalue weighted by molar-refractivity contribution is 0.615. The molecule has 0 aromatic rings. The summed E-state index contributed by atoms with van der Waals surface area (Å²) in [6.45, 7) is 12.6. The van der Waals surface area contributed by atoms with Crippen LogP contribution in [-0.4, -0.2) is 11.4 Å². The Labute approximate surface area is 185 Å². The van der Waals surface area contributed by atoms with Gasteiger partial charge in [0.25, 0.3) is 0 Å². The Morgan fingerprint density at radius 3 is 2.63 bits per heavy atom. The Morgan fingerprint density at radius 2 is 1.90 bits per heavy atom. The fourth-order valence-corrected chi connectivity index (χ4v) is 3.29. The number of hydrogen-bond acceptors (Lipinski definition) is 2. The second-order valence-electron chi connectivity index (χ2n) is 7.64. The zero-order valence-corrected chi connectivity index (χ0v) is 19.8. The lowest BCUT2D eigenvalue weighted by Gasteiger charge is -2.13. The van der Waals surface area contributed by atoms with Gasteiger partial charge in [-0.15, -0.1) is 0 Å². The van der Waals surface area contributed by atoms with Gasteiger partial charge in [0.1, 0.15) is 0 Å². The summed E-state index contributed by atoms with van der Waals surface area (Å²) >= 11 is 0. The molecule has 2 heterocycles. The summed E-state index contributed by atoms with van der Waals surface area (Å²) in [5, 5.41) is 0. The van der Waals surface area contributed by atoms with E-state index in [0.717, 1.165) is 12.8 Å². The summed E-state index contributed by atoms with van der Waals surface area (Å²) < 4.78 is 0. The Balaban J connectivity index is 0.000000279. The Bertz CT molecular complexity index is 777. The van der Waals surface area contributed by atoms with Crippen molar-refractivity contribution >= 4 is 11.4 Å². The average Bonchev–Trinajstić information content (AvgIpc) is 3.01. The molecule has 0 amide bonds. The molecule has 2 heteroatoms. The van der Waals surface area contributed by atoms with E-state index in [4.69, 9.17) is 0 Å². The first-order chi connectivity index (χ1) is 14.6. The van der Waals surface area contributed by atoms with Crippen molar-refractivity contribution in [2.75, 3.05) is 0 Å². The van der Waals surface area contributed by atoms with Gasteiger partial charge in [0.05, 0.1) is 0 Å². The van der Waals surface area contributed by atoms with Crippen molar-refractivity contribution in [2.45, 2.75) is 67.2 Å². The highest BCUT2D eigenvalue weighted by Crippen LogP contribution is 2.21. The minimum absolute atomic E-state index is 0.514. The molecule has 1 aliphatic carbocycles. The van der Waals surface area contributed by atoms with Crippen LogP contribution < -0.4 is 0 Å². The molecule has 0 saturated carbocycles. The highest BCUT2D eigenvalue weighted by Gasteiger charge is 2.11. The molecule has 0 aromatic carbocycles. The quantitative estimate of drug-likeness (QED) is 0.422. The number of rotatable bonds is 3. The molecule has 0 aromatic heterocycles. The van der Waals surface area contributed by atoms with E-state index >= 15 is 0 Å². The third-order valence-electron chi connectivity index (χ3n) is 4.91. The molecular formula is C28H40N2. The van der Waals surface area contributed by atoms with Crippen molar-refractivity contribution in [2.24, 2.45) is 21.8 Å². The summed E-state index contributed by atoms with van der Waals surface area (Å²) in [5.41, 5.74) is 5.08. The van der Waals surface area contributed by atoms with E-state index in [9.17, 15) is 0 Å². The molecule has 3 aliphatic rings. The van der Waals surface area contributed by atoms with Crippen LogP contribution in [0.25, 0.3) is 0 Å². The van der Waals surface area contributed by atoms with Gasteiger partial charge in [0.15, 0.2) is 0 Å². The molecular weight excluding hydrogens is 364 g/mol. The van der Waals surface area contributed by atoms with Crippen LogP contribution in [0.15, 0.2) is 94.3 Å². The van der Waals surface area contributed by atoms with Gasteiger partial charge in [-0.3, -0.25) is 9.98 Å². The molecule has 0 spiro atoms. The minimum atomic E-state index is 0.514. The van der Waals surface area contributed by atoms with Crippen LogP contribution in [0, 0.1) is 11.8 Å². The highest BCUT2D eigenvalue weighted by molar-refractivity contribution is 6.02. The maximum absolute atomic E-state index is 4.47. The molecule has 3 rings (SSSR count). The van der Waals surface area contributed by atoms with Gasteiger partial charge in [-0.1, -0.05) is 81.9 Å². The minimum Gasteiger partial charge on any atom is -0.262 e. The number of hydrogen-bond donors (Lipinski definition) is 0. The topological polar surface area (TPSA) is 24.7 Å². The smallest absolute Gasteiger partial charge is 0.0475 e. The molecule has 2 aliphatic heterocycles. The van der Waals surface area contributed by atoms with E-state index in [1.165, 1.54) is 35.4 Å². The lowest BCUT2D eigenvalue weighted by atomic mass is 9.95. The van der Waals surface area contributed by atoms with Gasteiger partial charge in [-0.2, -0.15) is 0 Å². The maximum Gasteiger partial charge on any atom is 0.0475 e. The predicted molar refractivity (Wildman–Crippen MR) is 136 cm³/mol. The normalized spacial score (nSPS) is 23.4. The monoisotopic (exact) mass is 404 g/mol. The molecule has 30 heavy (non-hydrogen) atoms. The van der Waals surface area contributed by atoms with E-state index in [-0.39, 0.29) is 0 Å². The van der Waals surface area contributed by atoms with Gasteiger partial charge in [0, 0.05) is 30.2 Å². The second-order valence-corrected chi connectivity index (χ2v) is 7.64. The fourth-order valence-electron chi connectivity index (χ4n) is 3.29. The molecule has 0 N–H and O–H groups in total. The standard InChI is InChI=1S/C14H19N.C12H15N.C2H6/c1-4-5-9-13(12(2)3)14-10-7-6-8-11-15-14;1-10-3-2-4-11-7-8-13-12(9-11)6-5-10;1-2/h4-9,11-12H,10H2,1-3H3;3,5-8,11H,2,4,9H2,1H3;1-2H3/b5-4-,13-9-;6-5-,10-3-;. The van der Waals surface area contributed by atoms with Crippen LogP contribution in [0.1, 0.15) is 67.2 Å². The Morgan fingerprint density at radius 1 is 1.10 bits per heavy atom. The third kappa shape index (κ3) is 9.82. The van der Waals surface area contributed by atoms with Crippen LogP contribution in [0.5, 0.6) is 0 Å². The highest BCUT2D eigenvalue weighted by atomic mass is 14.7. The summed E-state index contributed by atoms with van der Waals surface area (Å²) in [6, 6.07) is 0. The summed E-state index contributed by atoms with van der Waals surface area (Å²) in [4.78, 5) is 8.82. The maximum atomic E-state index is 4.47. The molecule has 162 valence electrons. The summed E-state index contributed by atoms with van der Waals surface area (Å²) in [7, 11) is 0. The van der Waals surface area contributed by atoms with Crippen LogP contribution >= 0.6 is 0 Å². The fraction of sp³-hybridized carbons (Fsp3) is 0.429. The van der Waals surface area contributed by atoms with E-state index in [1.807, 2.05) is 51.4 Å². The Hall–Kier alpha value is -2.48. The lowest BCUT2D eigenvalue weighted by Crippen LogP contribution is -2.07. The van der Waals surface area contributed by atoms with Crippen molar-refractivity contribution in [3.8, 4) is 0 Å². The zero-order chi connectivity index (χ0) is 22.2. The van der Waals surface area contributed by atoms with Crippen LogP contribution in [-0.2, 0) is 0 Å². The van der Waals surface area contributed by atoms with Crippen molar-refractivity contribution in [3.05, 3.63) is 84.3 Å². The largest absolute Gasteiger partial charge is 0.262 e. The molecule has 1 unspecified atom stereocenters. The van der Waals surface area contributed by atoms with Gasteiger partial charge in [-0.05, 0) is 62.7 Å². The van der Waals surface area contributed by atoms with E-state index in [1.54, 1.807) is 0 Å². The number of fused-ring (bicyclic) bond motifs is 2. The van der Waals surface area contributed by atoms with E-state index in [0.29, 0.717) is 11.8 Å². The van der Waals surface area contributed by atoms with E-state index in [2.05, 4.69) is 73.3 Å². The van der Waals surface area contributed by atoms with Crippen LogP contribution in [0.4, 0.5) is 0 Å². The number of aliphatic imine (C=N–C) groups is 2. The first kappa shape index (κ1) is 25.6. The SMILES string of the molecule is C/C=C\C=C(/C1=NC=CC=CC1)C(C)C.CC.CC1=C/CCC2C=CN=C(/C=C\1)C2. The first-order valence-corrected chi connectivity index (χ1v) is 11.4. The molecule has 2 nitrogen and oxygen atoms in total. The Kier molecular flexibility index (Phi) is 13.1. The predicted octanol–water partition coefficient (Wildman–Crippen LogP) is 8.34. The molecule has 0 radical (unpaired) electrons. The summed E-state index contributed by atoms with van der Waals surface area (Å²) in [5.74, 6) is 1.22. The van der Waals surface area contributed by atoms with Crippen LogP contribution in [0.3, 0.4) is 0 Å². The van der Waals surface area contributed by atoms with Gasteiger partial charge in [0.2, 0.25) is 0 Å². The molecule has 0 saturated heterocycles. The second kappa shape index (κ2) is 15.4. The zero-order valence-electron chi connectivity index (χ0n) is 19.8. The van der Waals surface area contributed by atoms with Gasteiger partial charge >= 0.3 is 0 Å². The molecule has 1 atom stereocenters. The van der Waals surface area contributed by atoms with Crippen molar-refractivity contribution in [1.82, 2.24) is 0 Å². The number of allylic oxidation sites excluding steroid dienone is 12. The molecule has 0 fully saturated rings. The van der Waals surface area contributed by atoms with Crippen LogP contribution in [0.2, 0.25) is 0 Å². The van der Waals surface area contributed by atoms with Crippen molar-refractivity contribution in [3.63, 3.8) is 0 Å². The number of nitrogens with zero attached hydrogens (tertiary/aromatic N) is 2. The van der Waals surface area contributed by atoms with Crippen molar-refractivity contribution < 1.29 is 0 Å². The average molecular weight is 405 g/mol. The summed E-state index contributed by atoms with van der Waals surface area (Å²) in [6.07, 6.45) is 29.6. The first-order valence-electron chi connectivity index (χ1n) is 11.4.